The van der Waals surface area contributed by atoms with Crippen LogP contribution in [-0.2, 0) is 0 Å². The van der Waals surface area contributed by atoms with Crippen molar-refractivity contribution in [3.8, 4) is 0 Å². The summed E-state index contributed by atoms with van der Waals surface area (Å²) >= 11 is 5.31. The summed E-state index contributed by atoms with van der Waals surface area (Å²) < 4.78 is 0.108. The lowest BCUT2D eigenvalue weighted by atomic mass is 9.67. The third kappa shape index (κ3) is 5.20. The maximum Gasteiger partial charge on any atom is 0.227 e. The lowest BCUT2D eigenvalue weighted by Crippen LogP contribution is -2.63. The first-order valence-corrected chi connectivity index (χ1v) is 13.9. The molecule has 1 aromatic heterocycles. The van der Waals surface area contributed by atoms with Gasteiger partial charge in [0, 0.05) is 48.1 Å². The van der Waals surface area contributed by atoms with E-state index in [2.05, 4.69) is 80.9 Å². The molecule has 1 saturated carbocycles. The molecule has 1 N–H and O–H groups in total. The minimum Gasteiger partial charge on any atom is -0.363 e. The van der Waals surface area contributed by atoms with Gasteiger partial charge in [-0.25, -0.2) is 4.98 Å². The van der Waals surface area contributed by atoms with E-state index in [4.69, 9.17) is 22.6 Å². The molecule has 190 valence electrons. The number of hydrogen-bond donors (Lipinski definition) is 2. The molecule has 2 aliphatic heterocycles. The van der Waals surface area contributed by atoms with Gasteiger partial charge in [0.25, 0.3) is 0 Å². The maximum atomic E-state index is 5.31. The summed E-state index contributed by atoms with van der Waals surface area (Å²) in [6.45, 7) is 17.8. The van der Waals surface area contributed by atoms with Crippen molar-refractivity contribution >= 4 is 24.4 Å². The molecule has 2 aromatic rings. The van der Waals surface area contributed by atoms with Crippen molar-refractivity contribution in [2.75, 3.05) is 36.4 Å². The van der Waals surface area contributed by atoms with Crippen molar-refractivity contribution in [3.63, 3.8) is 0 Å². The number of aryl methyl sites for hydroxylation is 3. The van der Waals surface area contributed by atoms with Crippen LogP contribution in [0.5, 0.6) is 0 Å². The Labute approximate surface area is 217 Å². The third-order valence-corrected chi connectivity index (χ3v) is 9.38. The van der Waals surface area contributed by atoms with Crippen LogP contribution in [0, 0.1) is 32.1 Å². The van der Waals surface area contributed by atoms with E-state index in [0.29, 0.717) is 11.3 Å². The van der Waals surface area contributed by atoms with E-state index >= 15 is 0 Å². The van der Waals surface area contributed by atoms with Gasteiger partial charge in [-0.2, -0.15) is 17.6 Å². The molecule has 3 heterocycles. The summed E-state index contributed by atoms with van der Waals surface area (Å²) in [5, 5.41) is 3.62. The first-order valence-electron chi connectivity index (χ1n) is 13.4. The first kappa shape index (κ1) is 24.9. The van der Waals surface area contributed by atoms with E-state index in [-0.39, 0.29) is 10.8 Å². The molecule has 6 heteroatoms. The molecule has 0 spiro atoms. The topological polar surface area (TPSA) is 44.3 Å². The number of piperidine rings is 1. The van der Waals surface area contributed by atoms with Gasteiger partial charge in [0.1, 0.15) is 5.82 Å². The smallest absolute Gasteiger partial charge is 0.227 e. The van der Waals surface area contributed by atoms with Gasteiger partial charge in [0.15, 0.2) is 0 Å². The van der Waals surface area contributed by atoms with E-state index in [1.54, 1.807) is 0 Å². The van der Waals surface area contributed by atoms with Crippen LogP contribution in [0.25, 0.3) is 0 Å². The van der Waals surface area contributed by atoms with Crippen LogP contribution in [-0.4, -0.2) is 51.8 Å². The van der Waals surface area contributed by atoms with Crippen LogP contribution in [0.3, 0.4) is 0 Å². The fraction of sp³-hybridized carbons (Fsp3) is 0.655. The van der Waals surface area contributed by atoms with Crippen molar-refractivity contribution in [3.05, 3.63) is 46.6 Å². The number of rotatable bonds is 6. The zero-order chi connectivity index (χ0) is 25.0. The second-order valence-electron chi connectivity index (χ2n) is 12.4. The normalized spacial score (nSPS) is 26.2. The van der Waals surface area contributed by atoms with Crippen LogP contribution in [0.1, 0.15) is 74.9 Å². The highest BCUT2D eigenvalue weighted by Crippen LogP contribution is 2.47. The lowest BCUT2D eigenvalue weighted by molar-refractivity contribution is -0.00124. The van der Waals surface area contributed by atoms with E-state index < -0.39 is 0 Å². The van der Waals surface area contributed by atoms with E-state index in [1.807, 2.05) is 0 Å². The number of nitrogens with zero attached hydrogens (tertiary/aromatic N) is 4. The van der Waals surface area contributed by atoms with Crippen LogP contribution >= 0.6 is 12.6 Å². The molecule has 2 atom stereocenters. The van der Waals surface area contributed by atoms with Crippen molar-refractivity contribution in [2.45, 2.75) is 84.1 Å². The highest BCUT2D eigenvalue weighted by Gasteiger charge is 2.49. The van der Waals surface area contributed by atoms with Gasteiger partial charge >= 0.3 is 0 Å². The van der Waals surface area contributed by atoms with Gasteiger partial charge in [-0.3, -0.25) is 4.90 Å². The average molecular weight is 494 g/mol. The zero-order valence-corrected chi connectivity index (χ0v) is 23.3. The van der Waals surface area contributed by atoms with Crippen LogP contribution in [0.4, 0.5) is 11.8 Å². The largest absolute Gasteiger partial charge is 0.363 e. The fourth-order valence-electron chi connectivity index (χ4n) is 6.58. The predicted molar refractivity (Wildman–Crippen MR) is 150 cm³/mol. The van der Waals surface area contributed by atoms with Crippen molar-refractivity contribution in [1.82, 2.24) is 14.9 Å². The molecule has 0 bridgehead atoms. The Bertz CT molecular complexity index is 1070. The Balaban J connectivity index is 1.22. The van der Waals surface area contributed by atoms with Crippen LogP contribution in [0.2, 0.25) is 0 Å². The number of nitrogens with one attached hydrogen (secondary N) is 1. The Morgan fingerprint density at radius 2 is 1.83 bits per heavy atom. The summed E-state index contributed by atoms with van der Waals surface area (Å²) in [5.74, 6) is 2.35. The van der Waals surface area contributed by atoms with E-state index in [0.717, 1.165) is 43.1 Å². The van der Waals surface area contributed by atoms with Gasteiger partial charge in [-0.05, 0) is 76.5 Å². The highest BCUT2D eigenvalue weighted by atomic mass is 32.1. The summed E-state index contributed by atoms with van der Waals surface area (Å²) in [5.41, 5.74) is 5.45. The fourth-order valence-corrected chi connectivity index (χ4v) is 7.08. The van der Waals surface area contributed by atoms with E-state index in [9.17, 15) is 0 Å². The van der Waals surface area contributed by atoms with Gasteiger partial charge in [0.2, 0.25) is 5.95 Å². The summed E-state index contributed by atoms with van der Waals surface area (Å²) in [4.78, 5) is 14.8. The number of thiol groups is 1. The second-order valence-corrected chi connectivity index (χ2v) is 13.3. The number of hydrogen-bond acceptors (Lipinski definition) is 6. The molecule has 1 aliphatic carbocycles. The molecule has 5 nitrogen and oxygen atoms in total. The molecule has 0 radical (unpaired) electrons. The monoisotopic (exact) mass is 493 g/mol. The quantitative estimate of drug-likeness (QED) is 0.486. The molecule has 35 heavy (non-hydrogen) atoms. The molecule has 0 amide bonds. The zero-order valence-electron chi connectivity index (χ0n) is 22.4. The van der Waals surface area contributed by atoms with Crippen molar-refractivity contribution < 1.29 is 0 Å². The van der Waals surface area contributed by atoms with Crippen LogP contribution in [0.15, 0.2) is 24.3 Å². The van der Waals surface area contributed by atoms with E-state index in [1.165, 1.54) is 48.9 Å². The minimum atomic E-state index is 0.108. The molecule has 5 rings (SSSR count). The average Bonchev–Trinajstić information content (AvgIpc) is 2.70. The second kappa shape index (κ2) is 9.26. The van der Waals surface area contributed by atoms with Gasteiger partial charge in [-0.15, -0.1) is 0 Å². The molecular weight excluding hydrogens is 450 g/mol. The first-order chi connectivity index (χ1) is 16.5. The number of aromatic nitrogens is 2. The third-order valence-electron chi connectivity index (χ3n) is 8.65. The Kier molecular flexibility index (Phi) is 6.58. The van der Waals surface area contributed by atoms with Crippen molar-refractivity contribution in [2.24, 2.45) is 11.3 Å². The lowest BCUT2D eigenvalue weighted by Gasteiger charge is -2.56. The molecular formula is C29H43N5S. The Hall–Kier alpha value is -1.79. The molecule has 1 aromatic carbocycles. The highest BCUT2D eigenvalue weighted by molar-refractivity contribution is 7.81. The Morgan fingerprint density at radius 1 is 1.09 bits per heavy atom. The van der Waals surface area contributed by atoms with Gasteiger partial charge in [-0.1, -0.05) is 37.6 Å². The summed E-state index contributed by atoms with van der Waals surface area (Å²) in [7, 11) is 0. The van der Waals surface area contributed by atoms with Gasteiger partial charge < -0.3 is 10.2 Å². The molecule has 3 fully saturated rings. The maximum absolute atomic E-state index is 5.31. The number of likely N-dealkylation sites (tertiary alicyclic amines) is 1. The standard InChI is InChI=1S/C29H43N5S/c1-19-8-9-25(20(2)12-19)22(4)31-26-13-21(3)30-27(32-26)34-16-23(17-34)29(35)10-7-11-33(18-29)24-14-28(5,6)15-24/h8-9,12-13,22-24,35H,7,10-11,14-18H2,1-6H3,(H,30,31,32)/t22-,29-/m1/s1. The van der Waals surface area contributed by atoms with Gasteiger partial charge in [0.05, 0.1) is 6.04 Å². The molecule has 2 saturated heterocycles. The summed E-state index contributed by atoms with van der Waals surface area (Å²) in [6, 6.07) is 9.66. The molecule has 3 aliphatic rings. The summed E-state index contributed by atoms with van der Waals surface area (Å²) in [6.07, 6.45) is 5.15. The van der Waals surface area contributed by atoms with Crippen molar-refractivity contribution in [1.29, 1.82) is 0 Å². The predicted octanol–water partition coefficient (Wildman–Crippen LogP) is 5.96. The Morgan fingerprint density at radius 3 is 2.51 bits per heavy atom. The minimum absolute atomic E-state index is 0.108. The van der Waals surface area contributed by atoms with Crippen LogP contribution < -0.4 is 10.2 Å². The SMILES string of the molecule is Cc1ccc([C@@H](C)Nc2cc(C)nc(N3CC([C@@]4(S)CCCN(C5CC(C)(C)C5)C4)C3)n2)c(C)c1. The molecule has 0 unspecified atom stereocenters. The number of anilines is 2. The number of benzene rings is 1.